The van der Waals surface area contributed by atoms with Crippen LogP contribution in [0, 0.1) is 13.8 Å². The molecule has 0 aliphatic carbocycles. The Morgan fingerprint density at radius 1 is 1.15 bits per heavy atom. The van der Waals surface area contributed by atoms with Gasteiger partial charge in [0.2, 0.25) is 0 Å². The van der Waals surface area contributed by atoms with Crippen LogP contribution in [-0.2, 0) is 23.4 Å². The van der Waals surface area contributed by atoms with Crippen molar-refractivity contribution in [1.82, 2.24) is 14.8 Å². The molecule has 1 N–H and O–H groups in total. The van der Waals surface area contributed by atoms with Crippen molar-refractivity contribution >= 4 is 15.5 Å². The van der Waals surface area contributed by atoms with Crippen molar-refractivity contribution in [1.29, 1.82) is 0 Å². The second kappa shape index (κ2) is 6.92. The van der Waals surface area contributed by atoms with Gasteiger partial charge < -0.3 is 5.32 Å². The van der Waals surface area contributed by atoms with Crippen LogP contribution in [0.3, 0.4) is 0 Å². The number of nitrogens with one attached hydrogen (secondary N) is 1. The van der Waals surface area contributed by atoms with Gasteiger partial charge in [0.15, 0.2) is 9.84 Å². The molecular weight excluding hydrogens is 348 g/mol. The summed E-state index contributed by atoms with van der Waals surface area (Å²) in [6.45, 7) is 4.70. The van der Waals surface area contributed by atoms with Gasteiger partial charge >= 0.3 is 0 Å². The van der Waals surface area contributed by atoms with E-state index < -0.39 is 9.84 Å². The maximum atomic E-state index is 11.6. The van der Waals surface area contributed by atoms with E-state index in [1.165, 1.54) is 6.26 Å². The molecule has 7 heteroatoms. The molecule has 0 unspecified atom stereocenters. The summed E-state index contributed by atoms with van der Waals surface area (Å²) in [5, 5.41) is 7.74. The number of nitrogens with zero attached hydrogens (tertiary/aromatic N) is 3. The van der Waals surface area contributed by atoms with E-state index >= 15 is 0 Å². The van der Waals surface area contributed by atoms with Crippen molar-refractivity contribution in [2.45, 2.75) is 25.3 Å². The van der Waals surface area contributed by atoms with Crippen LogP contribution in [0.15, 0.2) is 47.6 Å². The zero-order valence-corrected chi connectivity index (χ0v) is 16.1. The molecule has 136 valence electrons. The molecule has 26 heavy (non-hydrogen) atoms. The predicted octanol–water partition coefficient (Wildman–Crippen LogP) is 3.11. The molecule has 0 fully saturated rings. The predicted molar refractivity (Wildman–Crippen MR) is 103 cm³/mol. The van der Waals surface area contributed by atoms with E-state index in [0.29, 0.717) is 11.4 Å². The van der Waals surface area contributed by atoms with Gasteiger partial charge in [0.1, 0.15) is 0 Å². The van der Waals surface area contributed by atoms with Crippen molar-refractivity contribution in [3.63, 3.8) is 0 Å². The molecule has 0 amide bonds. The summed E-state index contributed by atoms with van der Waals surface area (Å²) < 4.78 is 24.9. The summed E-state index contributed by atoms with van der Waals surface area (Å²) in [6.07, 6.45) is 5.01. The van der Waals surface area contributed by atoms with Gasteiger partial charge in [0.05, 0.1) is 28.2 Å². The van der Waals surface area contributed by atoms with Crippen LogP contribution in [0.1, 0.15) is 16.8 Å². The second-order valence-corrected chi connectivity index (χ2v) is 8.46. The van der Waals surface area contributed by atoms with E-state index in [-0.39, 0.29) is 0 Å². The first kappa shape index (κ1) is 18.1. The van der Waals surface area contributed by atoms with E-state index in [0.717, 1.165) is 33.8 Å². The first-order valence-electron chi connectivity index (χ1n) is 8.24. The largest absolute Gasteiger partial charge is 0.379 e. The highest BCUT2D eigenvalue weighted by atomic mass is 32.2. The third-order valence-electron chi connectivity index (χ3n) is 4.27. The van der Waals surface area contributed by atoms with Crippen LogP contribution in [0.5, 0.6) is 0 Å². The van der Waals surface area contributed by atoms with Crippen LogP contribution in [-0.4, -0.2) is 29.4 Å². The van der Waals surface area contributed by atoms with E-state index in [1.54, 1.807) is 35.1 Å². The van der Waals surface area contributed by atoms with Gasteiger partial charge in [-0.15, -0.1) is 0 Å². The molecule has 0 aliphatic heterocycles. The van der Waals surface area contributed by atoms with E-state index in [2.05, 4.69) is 15.4 Å². The molecule has 2 heterocycles. The first-order valence-corrected chi connectivity index (χ1v) is 10.1. The number of hydrogen-bond donors (Lipinski definition) is 1. The van der Waals surface area contributed by atoms with Crippen LogP contribution in [0.25, 0.3) is 11.3 Å². The first-order chi connectivity index (χ1) is 12.2. The molecule has 0 spiro atoms. The Hall–Kier alpha value is -2.67. The summed E-state index contributed by atoms with van der Waals surface area (Å²) in [7, 11) is -1.28. The minimum atomic E-state index is -3.19. The average Bonchev–Trinajstić information content (AvgIpc) is 2.90. The van der Waals surface area contributed by atoms with Crippen LogP contribution in [0.2, 0.25) is 0 Å². The quantitative estimate of drug-likeness (QED) is 0.747. The van der Waals surface area contributed by atoms with E-state index in [1.807, 2.05) is 33.2 Å². The molecule has 6 nitrogen and oxygen atoms in total. The fraction of sp³-hybridized carbons (Fsp3) is 0.263. The summed E-state index contributed by atoms with van der Waals surface area (Å²) >= 11 is 0. The Morgan fingerprint density at radius 2 is 1.85 bits per heavy atom. The van der Waals surface area contributed by atoms with Crippen LogP contribution >= 0.6 is 0 Å². The zero-order valence-electron chi connectivity index (χ0n) is 15.3. The standard InChI is InChI=1S/C19H22N4O2S/c1-13-9-18(15-5-7-17(8-6-15)26(4,24)25)21-11-19(13)20-10-16-12-23(3)22-14(16)2/h5-9,11-12,20H,10H2,1-4H3. The number of sulfone groups is 1. The molecule has 2 aromatic heterocycles. The fourth-order valence-corrected chi connectivity index (χ4v) is 3.41. The molecule has 0 saturated carbocycles. The molecular formula is C19H22N4O2S. The Bertz CT molecular complexity index is 1040. The van der Waals surface area contributed by atoms with Crippen molar-refractivity contribution in [2.75, 3.05) is 11.6 Å². The molecule has 0 bridgehead atoms. The van der Waals surface area contributed by atoms with Crippen molar-refractivity contribution in [2.24, 2.45) is 7.05 Å². The van der Waals surface area contributed by atoms with Gasteiger partial charge in [-0.3, -0.25) is 9.67 Å². The van der Waals surface area contributed by atoms with Gasteiger partial charge in [0, 0.05) is 37.2 Å². The smallest absolute Gasteiger partial charge is 0.175 e. The summed E-state index contributed by atoms with van der Waals surface area (Å²) in [5.74, 6) is 0. The topological polar surface area (TPSA) is 76.9 Å². The van der Waals surface area contributed by atoms with Crippen molar-refractivity contribution in [3.05, 3.63) is 59.5 Å². The molecule has 0 atom stereocenters. The lowest BCUT2D eigenvalue weighted by atomic mass is 10.1. The minimum Gasteiger partial charge on any atom is -0.379 e. The Labute approximate surface area is 153 Å². The van der Waals surface area contributed by atoms with Crippen LogP contribution in [0.4, 0.5) is 5.69 Å². The molecule has 3 aromatic rings. The normalized spacial score (nSPS) is 11.5. The molecule has 0 radical (unpaired) electrons. The number of pyridine rings is 1. The Morgan fingerprint density at radius 3 is 2.38 bits per heavy atom. The molecule has 1 aromatic carbocycles. The van der Waals surface area contributed by atoms with Gasteiger partial charge in [-0.1, -0.05) is 12.1 Å². The summed E-state index contributed by atoms with van der Waals surface area (Å²) in [4.78, 5) is 4.82. The number of aryl methyl sites for hydroxylation is 3. The van der Waals surface area contributed by atoms with E-state index in [9.17, 15) is 8.42 Å². The molecule has 0 saturated heterocycles. The monoisotopic (exact) mass is 370 g/mol. The fourth-order valence-electron chi connectivity index (χ4n) is 2.78. The van der Waals surface area contributed by atoms with Crippen molar-refractivity contribution in [3.8, 4) is 11.3 Å². The lowest BCUT2D eigenvalue weighted by Gasteiger charge is -2.11. The number of anilines is 1. The lowest BCUT2D eigenvalue weighted by molar-refractivity contribution is 0.602. The lowest BCUT2D eigenvalue weighted by Crippen LogP contribution is -2.02. The van der Waals surface area contributed by atoms with Crippen LogP contribution < -0.4 is 5.32 Å². The SMILES string of the molecule is Cc1cc(-c2ccc(S(C)(=O)=O)cc2)ncc1NCc1cn(C)nc1C. The van der Waals surface area contributed by atoms with Gasteiger partial charge in [-0.05, 0) is 37.6 Å². The number of benzene rings is 1. The Balaban J connectivity index is 1.78. The zero-order chi connectivity index (χ0) is 18.9. The third-order valence-corrected chi connectivity index (χ3v) is 5.40. The Kier molecular flexibility index (Phi) is 4.82. The van der Waals surface area contributed by atoms with E-state index in [4.69, 9.17) is 0 Å². The third kappa shape index (κ3) is 3.94. The number of rotatable bonds is 5. The summed E-state index contributed by atoms with van der Waals surface area (Å²) in [6, 6.07) is 8.78. The maximum absolute atomic E-state index is 11.6. The number of aromatic nitrogens is 3. The average molecular weight is 370 g/mol. The molecule has 3 rings (SSSR count). The molecule has 0 aliphatic rings. The second-order valence-electron chi connectivity index (χ2n) is 6.45. The number of hydrogen-bond acceptors (Lipinski definition) is 5. The minimum absolute atomic E-state index is 0.308. The van der Waals surface area contributed by atoms with Gasteiger partial charge in [-0.25, -0.2) is 8.42 Å². The van der Waals surface area contributed by atoms with Gasteiger partial charge in [0.25, 0.3) is 0 Å². The maximum Gasteiger partial charge on any atom is 0.175 e. The summed E-state index contributed by atoms with van der Waals surface area (Å²) in [5.41, 5.74) is 5.88. The highest BCUT2D eigenvalue weighted by Gasteiger charge is 2.09. The highest BCUT2D eigenvalue weighted by Crippen LogP contribution is 2.24. The van der Waals surface area contributed by atoms with Crippen molar-refractivity contribution < 1.29 is 8.42 Å². The van der Waals surface area contributed by atoms with Gasteiger partial charge in [-0.2, -0.15) is 5.10 Å². The highest BCUT2D eigenvalue weighted by molar-refractivity contribution is 7.90.